The Balaban J connectivity index is 1.75. The second-order valence-corrected chi connectivity index (χ2v) is 6.84. The zero-order valence-electron chi connectivity index (χ0n) is 10.8. The minimum atomic E-state index is -0.152. The van der Waals surface area contributed by atoms with E-state index in [-0.39, 0.29) is 17.4 Å². The lowest BCUT2D eigenvalue weighted by Crippen LogP contribution is -2.49. The van der Waals surface area contributed by atoms with Crippen molar-refractivity contribution in [1.29, 1.82) is 0 Å². The lowest BCUT2D eigenvalue weighted by Gasteiger charge is -2.29. The van der Waals surface area contributed by atoms with Crippen LogP contribution < -0.4 is 5.32 Å². The first-order valence-electron chi connectivity index (χ1n) is 6.84. The van der Waals surface area contributed by atoms with Crippen LogP contribution in [0, 0.1) is 0 Å². The van der Waals surface area contributed by atoms with Gasteiger partial charge in [-0.2, -0.15) is 0 Å². The largest absolute Gasteiger partial charge is 0.349 e. The molecule has 0 bridgehead atoms. The second-order valence-electron chi connectivity index (χ2n) is 5.51. The molecule has 1 aromatic rings. The van der Waals surface area contributed by atoms with Gasteiger partial charge in [-0.1, -0.05) is 31.0 Å². The van der Waals surface area contributed by atoms with Crippen molar-refractivity contribution in [2.24, 2.45) is 0 Å². The van der Waals surface area contributed by atoms with Gasteiger partial charge in [-0.25, -0.2) is 0 Å². The van der Waals surface area contributed by atoms with Gasteiger partial charge in [0.1, 0.15) is 0 Å². The normalized spacial score (nSPS) is 24.2. The maximum Gasteiger partial charge on any atom is 0.228 e. The maximum atomic E-state index is 12.5. The minimum absolute atomic E-state index is 0.0121. The smallest absolute Gasteiger partial charge is 0.228 e. The molecule has 1 fully saturated rings. The molecule has 19 heavy (non-hydrogen) atoms. The molecule has 0 spiro atoms. The molecule has 1 atom stereocenters. The molecular formula is C15H18ClNOS. The van der Waals surface area contributed by atoms with Crippen LogP contribution in [0.1, 0.15) is 37.2 Å². The van der Waals surface area contributed by atoms with Crippen molar-refractivity contribution in [2.45, 2.75) is 42.0 Å². The van der Waals surface area contributed by atoms with Crippen LogP contribution in [-0.4, -0.2) is 23.1 Å². The van der Waals surface area contributed by atoms with Gasteiger partial charge in [0.2, 0.25) is 5.91 Å². The Kier molecular flexibility index (Phi) is 3.77. The van der Waals surface area contributed by atoms with Crippen molar-refractivity contribution >= 4 is 29.3 Å². The Morgan fingerprint density at radius 2 is 2.11 bits per heavy atom. The molecule has 2 nitrogen and oxygen atoms in total. The monoisotopic (exact) mass is 295 g/mol. The standard InChI is InChI=1S/C15H18ClNOS/c16-10-15(7-3-4-8-15)17-14(18)12-9-19-13-6-2-1-5-11(12)13/h1-2,5-6,12H,3-4,7-10H2,(H,17,18). The zero-order chi connectivity index (χ0) is 13.3. The lowest BCUT2D eigenvalue weighted by molar-refractivity contribution is -0.123. The molecule has 102 valence electrons. The Morgan fingerprint density at radius 1 is 1.37 bits per heavy atom. The minimum Gasteiger partial charge on any atom is -0.349 e. The fourth-order valence-corrected chi connectivity index (χ4v) is 4.63. The summed E-state index contributed by atoms with van der Waals surface area (Å²) in [6, 6.07) is 8.21. The Morgan fingerprint density at radius 3 is 2.84 bits per heavy atom. The average Bonchev–Trinajstić information content (AvgIpc) is 3.05. The third kappa shape index (κ3) is 2.50. The first-order valence-corrected chi connectivity index (χ1v) is 8.36. The van der Waals surface area contributed by atoms with Crippen LogP contribution in [0.3, 0.4) is 0 Å². The Bertz CT molecular complexity index is 485. The van der Waals surface area contributed by atoms with Gasteiger partial charge in [-0.15, -0.1) is 23.4 Å². The van der Waals surface area contributed by atoms with Crippen molar-refractivity contribution < 1.29 is 4.79 Å². The van der Waals surface area contributed by atoms with Crippen LogP contribution in [0.5, 0.6) is 0 Å². The highest BCUT2D eigenvalue weighted by Gasteiger charge is 2.38. The van der Waals surface area contributed by atoms with Gasteiger partial charge in [0.15, 0.2) is 0 Å². The van der Waals surface area contributed by atoms with Gasteiger partial charge in [0.25, 0.3) is 0 Å². The van der Waals surface area contributed by atoms with E-state index in [1.54, 1.807) is 11.8 Å². The van der Waals surface area contributed by atoms with E-state index in [9.17, 15) is 4.79 Å². The molecule has 3 rings (SSSR count). The fraction of sp³-hybridized carbons (Fsp3) is 0.533. The number of thioether (sulfide) groups is 1. The molecule has 0 saturated heterocycles. The molecule has 4 heteroatoms. The number of alkyl halides is 1. The van der Waals surface area contributed by atoms with E-state index in [4.69, 9.17) is 11.6 Å². The molecule has 1 unspecified atom stereocenters. The van der Waals surface area contributed by atoms with Gasteiger partial charge >= 0.3 is 0 Å². The molecule has 1 saturated carbocycles. The molecule has 1 aliphatic carbocycles. The van der Waals surface area contributed by atoms with Gasteiger partial charge in [-0.3, -0.25) is 4.79 Å². The molecule has 0 radical (unpaired) electrons. The van der Waals surface area contributed by atoms with Gasteiger partial charge in [-0.05, 0) is 24.5 Å². The predicted octanol–water partition coefficient (Wildman–Crippen LogP) is 3.54. The topological polar surface area (TPSA) is 29.1 Å². The van der Waals surface area contributed by atoms with Gasteiger partial charge in [0, 0.05) is 16.5 Å². The van der Waals surface area contributed by atoms with Crippen LogP contribution in [0.4, 0.5) is 0 Å². The quantitative estimate of drug-likeness (QED) is 0.864. The molecule has 1 N–H and O–H groups in total. The first kappa shape index (κ1) is 13.3. The summed E-state index contributed by atoms with van der Waals surface area (Å²) in [5, 5.41) is 3.24. The number of nitrogens with one attached hydrogen (secondary N) is 1. The molecule has 2 aliphatic rings. The number of rotatable bonds is 3. The van der Waals surface area contributed by atoms with Crippen LogP contribution in [-0.2, 0) is 4.79 Å². The van der Waals surface area contributed by atoms with Crippen LogP contribution in [0.15, 0.2) is 29.2 Å². The van der Waals surface area contributed by atoms with Crippen molar-refractivity contribution in [3.8, 4) is 0 Å². The van der Waals surface area contributed by atoms with Crippen LogP contribution in [0.2, 0.25) is 0 Å². The molecule has 1 amide bonds. The lowest BCUT2D eigenvalue weighted by atomic mass is 9.96. The number of fused-ring (bicyclic) bond motifs is 1. The first-order chi connectivity index (χ1) is 9.24. The number of carbonyl (C=O) groups is 1. The number of hydrogen-bond donors (Lipinski definition) is 1. The second kappa shape index (κ2) is 5.37. The highest BCUT2D eigenvalue weighted by atomic mass is 35.5. The van der Waals surface area contributed by atoms with Crippen molar-refractivity contribution in [2.75, 3.05) is 11.6 Å². The fourth-order valence-electron chi connectivity index (χ4n) is 3.07. The predicted molar refractivity (Wildman–Crippen MR) is 80.0 cm³/mol. The molecule has 1 heterocycles. The van der Waals surface area contributed by atoms with Crippen molar-refractivity contribution in [3.05, 3.63) is 29.8 Å². The average molecular weight is 296 g/mol. The number of halogens is 1. The van der Waals surface area contributed by atoms with E-state index in [0.717, 1.165) is 18.6 Å². The van der Waals surface area contributed by atoms with E-state index < -0.39 is 0 Å². The van der Waals surface area contributed by atoms with E-state index >= 15 is 0 Å². The summed E-state index contributed by atoms with van der Waals surface area (Å²) >= 11 is 7.87. The van der Waals surface area contributed by atoms with E-state index in [0.29, 0.717) is 5.88 Å². The Labute approximate surface area is 123 Å². The van der Waals surface area contributed by atoms with E-state index in [2.05, 4.69) is 17.4 Å². The highest BCUT2D eigenvalue weighted by molar-refractivity contribution is 7.99. The third-order valence-electron chi connectivity index (χ3n) is 4.22. The summed E-state index contributed by atoms with van der Waals surface area (Å²) in [7, 11) is 0. The van der Waals surface area contributed by atoms with Gasteiger partial charge < -0.3 is 5.32 Å². The van der Waals surface area contributed by atoms with Crippen molar-refractivity contribution in [1.82, 2.24) is 5.32 Å². The summed E-state index contributed by atoms with van der Waals surface area (Å²) in [6.07, 6.45) is 4.37. The van der Waals surface area contributed by atoms with E-state index in [1.165, 1.54) is 23.3 Å². The summed E-state index contributed by atoms with van der Waals surface area (Å²) in [6.45, 7) is 0. The Hall–Kier alpha value is -0.670. The van der Waals surface area contributed by atoms with Crippen LogP contribution >= 0.6 is 23.4 Å². The molecule has 0 aromatic heterocycles. The number of carbonyl (C=O) groups excluding carboxylic acids is 1. The van der Waals surface area contributed by atoms with Crippen molar-refractivity contribution in [3.63, 3.8) is 0 Å². The van der Waals surface area contributed by atoms with E-state index in [1.807, 2.05) is 12.1 Å². The van der Waals surface area contributed by atoms with Crippen LogP contribution in [0.25, 0.3) is 0 Å². The zero-order valence-corrected chi connectivity index (χ0v) is 12.4. The number of benzene rings is 1. The molecular weight excluding hydrogens is 278 g/mol. The summed E-state index contributed by atoms with van der Waals surface area (Å²) in [5.41, 5.74) is 1.02. The highest BCUT2D eigenvalue weighted by Crippen LogP contribution is 2.40. The summed E-state index contributed by atoms with van der Waals surface area (Å²) in [5.74, 6) is 1.52. The number of hydrogen-bond acceptors (Lipinski definition) is 2. The number of amides is 1. The maximum absolute atomic E-state index is 12.5. The SMILES string of the molecule is O=C(NC1(CCl)CCCC1)C1CSc2ccccc21. The summed E-state index contributed by atoms with van der Waals surface area (Å²) < 4.78 is 0. The summed E-state index contributed by atoms with van der Waals surface area (Å²) in [4.78, 5) is 13.8. The molecule has 1 aliphatic heterocycles. The third-order valence-corrected chi connectivity index (χ3v) is 5.92. The van der Waals surface area contributed by atoms with Gasteiger partial charge in [0.05, 0.1) is 11.5 Å². The molecule has 1 aromatic carbocycles.